The number of rotatable bonds is 1. The van der Waals surface area contributed by atoms with Crippen molar-refractivity contribution >= 4 is 27.6 Å². The minimum absolute atomic E-state index is 0.674. The van der Waals surface area contributed by atoms with Crippen LogP contribution in [0.5, 0.6) is 5.75 Å². The Morgan fingerprint density at radius 3 is 3.00 bits per heavy atom. The zero-order valence-electron chi connectivity index (χ0n) is 8.69. The molecule has 2 aromatic heterocycles. The zero-order valence-corrected chi connectivity index (χ0v) is 8.69. The SMILES string of the molecule is COc1ccc2nc3[nH]ncc3c(N)c2c1. The minimum Gasteiger partial charge on any atom is -0.497 e. The van der Waals surface area contributed by atoms with Gasteiger partial charge in [0.05, 0.1) is 29.9 Å². The summed E-state index contributed by atoms with van der Waals surface area (Å²) in [5, 5.41) is 8.45. The van der Waals surface area contributed by atoms with Crippen LogP contribution in [-0.4, -0.2) is 22.3 Å². The lowest BCUT2D eigenvalue weighted by Crippen LogP contribution is -1.92. The van der Waals surface area contributed by atoms with E-state index < -0.39 is 0 Å². The number of hydrogen-bond donors (Lipinski definition) is 2. The number of nitrogens with one attached hydrogen (secondary N) is 1. The van der Waals surface area contributed by atoms with Gasteiger partial charge in [-0.2, -0.15) is 5.10 Å². The molecule has 0 aliphatic heterocycles. The molecule has 3 N–H and O–H groups in total. The maximum absolute atomic E-state index is 6.07. The smallest absolute Gasteiger partial charge is 0.157 e. The number of nitrogen functional groups attached to an aromatic ring is 1. The first-order valence-corrected chi connectivity index (χ1v) is 4.86. The lowest BCUT2D eigenvalue weighted by atomic mass is 10.1. The van der Waals surface area contributed by atoms with Gasteiger partial charge < -0.3 is 10.5 Å². The molecule has 5 nitrogen and oxygen atoms in total. The first-order valence-electron chi connectivity index (χ1n) is 4.86. The molecule has 0 unspecified atom stereocenters. The summed E-state index contributed by atoms with van der Waals surface area (Å²) in [6, 6.07) is 5.62. The van der Waals surface area contributed by atoms with Gasteiger partial charge in [-0.1, -0.05) is 0 Å². The number of hydrogen-bond acceptors (Lipinski definition) is 4. The Bertz CT molecular complexity index is 674. The van der Waals surface area contributed by atoms with Crippen LogP contribution in [0.15, 0.2) is 24.4 Å². The van der Waals surface area contributed by atoms with Gasteiger partial charge in [-0.15, -0.1) is 0 Å². The molecule has 3 aromatic rings. The Morgan fingerprint density at radius 2 is 2.19 bits per heavy atom. The van der Waals surface area contributed by atoms with Crippen molar-refractivity contribution in [1.29, 1.82) is 0 Å². The third kappa shape index (κ3) is 1.11. The first kappa shape index (κ1) is 8.96. The topological polar surface area (TPSA) is 76.8 Å². The van der Waals surface area contributed by atoms with Crippen LogP contribution in [0, 0.1) is 0 Å². The summed E-state index contributed by atoms with van der Waals surface area (Å²) >= 11 is 0. The molecule has 16 heavy (non-hydrogen) atoms. The molecule has 3 rings (SSSR count). The lowest BCUT2D eigenvalue weighted by Gasteiger charge is -2.05. The fourth-order valence-electron chi connectivity index (χ4n) is 1.78. The molecule has 0 radical (unpaired) electrons. The van der Waals surface area contributed by atoms with Crippen molar-refractivity contribution in [1.82, 2.24) is 15.2 Å². The van der Waals surface area contributed by atoms with Gasteiger partial charge in [0, 0.05) is 5.39 Å². The van der Waals surface area contributed by atoms with Gasteiger partial charge in [0.1, 0.15) is 5.75 Å². The van der Waals surface area contributed by atoms with Crippen molar-refractivity contribution in [2.24, 2.45) is 0 Å². The number of pyridine rings is 1. The highest BCUT2D eigenvalue weighted by Gasteiger charge is 2.08. The van der Waals surface area contributed by atoms with Gasteiger partial charge in [-0.25, -0.2) is 4.98 Å². The van der Waals surface area contributed by atoms with E-state index in [0.29, 0.717) is 11.3 Å². The molecule has 0 saturated carbocycles. The van der Waals surface area contributed by atoms with Crippen LogP contribution in [0.25, 0.3) is 21.9 Å². The van der Waals surface area contributed by atoms with Crippen molar-refractivity contribution in [3.8, 4) is 5.75 Å². The molecule has 0 saturated heterocycles. The maximum Gasteiger partial charge on any atom is 0.157 e. The Hall–Kier alpha value is -2.30. The molecule has 1 aromatic carbocycles. The number of anilines is 1. The molecule has 0 bridgehead atoms. The number of fused-ring (bicyclic) bond motifs is 2. The molecule has 0 aliphatic carbocycles. The van der Waals surface area contributed by atoms with Gasteiger partial charge in [-0.3, -0.25) is 5.10 Å². The number of aromatic amines is 1. The maximum atomic E-state index is 6.07. The molecular formula is C11H10N4O. The van der Waals surface area contributed by atoms with E-state index >= 15 is 0 Å². The van der Waals surface area contributed by atoms with E-state index in [0.717, 1.165) is 22.0 Å². The summed E-state index contributed by atoms with van der Waals surface area (Å²) in [6.07, 6.45) is 1.68. The highest BCUT2D eigenvalue weighted by Crippen LogP contribution is 2.29. The van der Waals surface area contributed by atoms with E-state index in [4.69, 9.17) is 10.5 Å². The standard InChI is InChI=1S/C11H10N4O/c1-16-6-2-3-9-7(4-6)10(12)8-5-13-15-11(8)14-9/h2-5H,1H3,(H3,12,13,14,15). The number of methoxy groups -OCH3 is 1. The van der Waals surface area contributed by atoms with Crippen molar-refractivity contribution in [3.63, 3.8) is 0 Å². The van der Waals surface area contributed by atoms with Gasteiger partial charge in [0.15, 0.2) is 5.65 Å². The third-order valence-corrected chi connectivity index (χ3v) is 2.64. The van der Waals surface area contributed by atoms with Crippen LogP contribution < -0.4 is 10.5 Å². The molecule has 0 aliphatic rings. The Kier molecular flexibility index (Phi) is 1.73. The molecule has 5 heteroatoms. The molecule has 0 spiro atoms. The van der Waals surface area contributed by atoms with E-state index in [-0.39, 0.29) is 0 Å². The zero-order chi connectivity index (χ0) is 11.1. The average molecular weight is 214 g/mol. The molecule has 0 atom stereocenters. The van der Waals surface area contributed by atoms with Crippen LogP contribution in [0.1, 0.15) is 0 Å². The van der Waals surface area contributed by atoms with Crippen LogP contribution in [0.3, 0.4) is 0 Å². The van der Waals surface area contributed by atoms with Crippen LogP contribution in [0.4, 0.5) is 5.69 Å². The second-order valence-corrected chi connectivity index (χ2v) is 3.54. The Balaban J connectivity index is 2.47. The van der Waals surface area contributed by atoms with Crippen molar-refractivity contribution < 1.29 is 4.74 Å². The van der Waals surface area contributed by atoms with Crippen LogP contribution in [-0.2, 0) is 0 Å². The number of ether oxygens (including phenoxy) is 1. The molecular weight excluding hydrogens is 204 g/mol. The predicted molar refractivity (Wildman–Crippen MR) is 62.4 cm³/mol. The largest absolute Gasteiger partial charge is 0.497 e. The summed E-state index contributed by atoms with van der Waals surface area (Å²) in [4.78, 5) is 4.42. The number of H-pyrrole nitrogens is 1. The predicted octanol–water partition coefficient (Wildman–Crippen LogP) is 1.70. The molecule has 0 fully saturated rings. The summed E-state index contributed by atoms with van der Waals surface area (Å²) in [6.45, 7) is 0. The summed E-state index contributed by atoms with van der Waals surface area (Å²) in [7, 11) is 1.63. The van der Waals surface area contributed by atoms with E-state index in [9.17, 15) is 0 Å². The van der Waals surface area contributed by atoms with Crippen molar-refractivity contribution in [3.05, 3.63) is 24.4 Å². The second-order valence-electron chi connectivity index (χ2n) is 3.54. The number of benzene rings is 1. The Labute approximate surface area is 91.2 Å². The van der Waals surface area contributed by atoms with Crippen molar-refractivity contribution in [2.75, 3.05) is 12.8 Å². The second kappa shape index (κ2) is 3.10. The summed E-state index contributed by atoms with van der Waals surface area (Å²) in [5.41, 5.74) is 8.27. The van der Waals surface area contributed by atoms with Gasteiger partial charge in [-0.05, 0) is 18.2 Å². The Morgan fingerprint density at radius 1 is 1.31 bits per heavy atom. The quantitative estimate of drug-likeness (QED) is 0.646. The molecule has 2 heterocycles. The highest BCUT2D eigenvalue weighted by atomic mass is 16.5. The van der Waals surface area contributed by atoms with Gasteiger partial charge >= 0.3 is 0 Å². The van der Waals surface area contributed by atoms with Crippen molar-refractivity contribution in [2.45, 2.75) is 0 Å². The average Bonchev–Trinajstić information content (AvgIpc) is 2.77. The monoisotopic (exact) mass is 214 g/mol. The van der Waals surface area contributed by atoms with Gasteiger partial charge in [0.2, 0.25) is 0 Å². The lowest BCUT2D eigenvalue weighted by molar-refractivity contribution is 0.415. The summed E-state index contributed by atoms with van der Waals surface area (Å²) < 4.78 is 5.16. The van der Waals surface area contributed by atoms with Crippen LogP contribution in [0.2, 0.25) is 0 Å². The van der Waals surface area contributed by atoms with Gasteiger partial charge in [0.25, 0.3) is 0 Å². The van der Waals surface area contributed by atoms with E-state index in [1.807, 2.05) is 18.2 Å². The number of nitrogens with zero attached hydrogens (tertiary/aromatic N) is 2. The van der Waals surface area contributed by atoms with Crippen LogP contribution >= 0.6 is 0 Å². The normalized spacial score (nSPS) is 11.1. The minimum atomic E-state index is 0.674. The van der Waals surface area contributed by atoms with E-state index in [1.165, 1.54) is 0 Å². The molecule has 0 amide bonds. The third-order valence-electron chi connectivity index (χ3n) is 2.64. The molecule has 80 valence electrons. The van der Waals surface area contributed by atoms with E-state index in [2.05, 4.69) is 15.2 Å². The van der Waals surface area contributed by atoms with E-state index in [1.54, 1.807) is 13.3 Å². The first-order chi connectivity index (χ1) is 7.79. The number of aromatic nitrogens is 3. The highest BCUT2D eigenvalue weighted by molar-refractivity contribution is 6.05. The summed E-state index contributed by atoms with van der Waals surface area (Å²) in [5.74, 6) is 0.767. The fraction of sp³-hybridized carbons (Fsp3) is 0.0909. The number of nitrogens with two attached hydrogens (primary N) is 1. The fourth-order valence-corrected chi connectivity index (χ4v) is 1.78.